The van der Waals surface area contributed by atoms with Crippen molar-refractivity contribution >= 4 is 17.2 Å². The summed E-state index contributed by atoms with van der Waals surface area (Å²) in [5, 5.41) is 2.88. The van der Waals surface area contributed by atoms with E-state index in [1.165, 1.54) is 18.2 Å². The maximum Gasteiger partial charge on any atom is 0.249 e. The fraction of sp³-hybridized carbons (Fsp3) is 0.474. The molecule has 0 aliphatic carbocycles. The lowest BCUT2D eigenvalue weighted by Crippen LogP contribution is -2.38. The molecule has 1 aromatic heterocycles. The van der Waals surface area contributed by atoms with Crippen molar-refractivity contribution in [1.82, 2.24) is 9.88 Å². The van der Waals surface area contributed by atoms with Crippen molar-refractivity contribution in [3.8, 4) is 5.75 Å². The van der Waals surface area contributed by atoms with Gasteiger partial charge in [-0.05, 0) is 51.0 Å². The summed E-state index contributed by atoms with van der Waals surface area (Å²) in [6.45, 7) is 9.10. The minimum Gasteiger partial charge on any atom is -0.486 e. The van der Waals surface area contributed by atoms with E-state index in [1.807, 2.05) is 31.4 Å². The van der Waals surface area contributed by atoms with Crippen LogP contribution in [0, 0.1) is 13.8 Å². The second kappa shape index (κ2) is 8.97. The van der Waals surface area contributed by atoms with Crippen molar-refractivity contribution in [2.75, 3.05) is 13.7 Å². The molecule has 5 nitrogen and oxygen atoms in total. The molecule has 136 valence electrons. The molecular formula is C19H26N2O3S. The Morgan fingerprint density at radius 2 is 1.92 bits per heavy atom. The molecular weight excluding hydrogens is 336 g/mol. The summed E-state index contributed by atoms with van der Waals surface area (Å²) < 4.78 is 10.8. The van der Waals surface area contributed by atoms with Crippen molar-refractivity contribution in [2.45, 2.75) is 46.9 Å². The van der Waals surface area contributed by atoms with Gasteiger partial charge in [-0.15, -0.1) is 11.3 Å². The maximum absolute atomic E-state index is 12.1. The van der Waals surface area contributed by atoms with Crippen LogP contribution in [0.5, 0.6) is 5.75 Å². The number of amides is 1. The fourth-order valence-corrected chi connectivity index (χ4v) is 3.29. The van der Waals surface area contributed by atoms with Gasteiger partial charge in [0.1, 0.15) is 24.0 Å². The molecule has 0 fully saturated rings. The lowest BCUT2D eigenvalue weighted by atomic mass is 10.1. The van der Waals surface area contributed by atoms with E-state index in [2.05, 4.69) is 24.9 Å². The number of thiazole rings is 1. The Morgan fingerprint density at radius 3 is 2.52 bits per heavy atom. The van der Waals surface area contributed by atoms with Gasteiger partial charge in [0.2, 0.25) is 5.91 Å². The van der Waals surface area contributed by atoms with Crippen LogP contribution in [0.25, 0.3) is 0 Å². The van der Waals surface area contributed by atoms with E-state index in [4.69, 9.17) is 9.47 Å². The van der Waals surface area contributed by atoms with E-state index in [1.54, 1.807) is 16.2 Å². The molecule has 0 unspecified atom stereocenters. The highest BCUT2D eigenvalue weighted by Gasteiger charge is 2.18. The first kappa shape index (κ1) is 19.4. The minimum absolute atomic E-state index is 0.0291. The monoisotopic (exact) mass is 362 g/mol. The number of aryl methyl sites for hydroxylation is 2. The third kappa shape index (κ3) is 5.83. The van der Waals surface area contributed by atoms with Gasteiger partial charge in [-0.25, -0.2) is 4.98 Å². The smallest absolute Gasteiger partial charge is 0.249 e. The molecule has 0 aliphatic heterocycles. The van der Waals surface area contributed by atoms with Gasteiger partial charge in [0.25, 0.3) is 0 Å². The molecule has 0 saturated heterocycles. The highest BCUT2D eigenvalue weighted by atomic mass is 32.1. The Balaban J connectivity index is 1.97. The van der Waals surface area contributed by atoms with Crippen LogP contribution in [-0.4, -0.2) is 35.5 Å². The average molecular weight is 362 g/mol. The number of carbonyl (C=O) groups is 1. The van der Waals surface area contributed by atoms with E-state index in [0.717, 1.165) is 16.5 Å². The molecule has 1 aromatic carbocycles. The Hall–Kier alpha value is -1.92. The van der Waals surface area contributed by atoms with Crippen LogP contribution in [-0.2, 0) is 22.7 Å². The number of rotatable bonds is 8. The lowest BCUT2D eigenvalue weighted by molar-refractivity contribution is -0.137. The standard InChI is InChI=1S/C19H26N2O3S/c1-13(2)21(19(22)11-23-5)9-16-12-25-18(20-16)10-24-17-7-14(3)6-15(4)8-17/h6-8,12-13H,9-11H2,1-5H3. The van der Waals surface area contributed by atoms with Crippen LogP contribution in [0.4, 0.5) is 0 Å². The van der Waals surface area contributed by atoms with Gasteiger partial charge >= 0.3 is 0 Å². The highest BCUT2D eigenvalue weighted by Crippen LogP contribution is 2.19. The molecule has 1 amide bonds. The largest absolute Gasteiger partial charge is 0.486 e. The summed E-state index contributed by atoms with van der Waals surface area (Å²) in [5.41, 5.74) is 3.24. The number of hydrogen-bond acceptors (Lipinski definition) is 5. The van der Waals surface area contributed by atoms with Crippen molar-refractivity contribution < 1.29 is 14.3 Å². The molecule has 0 radical (unpaired) electrons. The minimum atomic E-state index is -0.0291. The van der Waals surface area contributed by atoms with Gasteiger partial charge in [0, 0.05) is 18.5 Å². The second-order valence-corrected chi connectivity index (χ2v) is 7.34. The number of nitrogens with zero attached hydrogens (tertiary/aromatic N) is 2. The van der Waals surface area contributed by atoms with Crippen molar-refractivity contribution in [1.29, 1.82) is 0 Å². The zero-order valence-electron chi connectivity index (χ0n) is 15.5. The van der Waals surface area contributed by atoms with Crippen molar-refractivity contribution in [3.05, 3.63) is 45.4 Å². The number of ether oxygens (including phenoxy) is 2. The molecule has 0 atom stereocenters. The molecule has 6 heteroatoms. The summed E-state index contributed by atoms with van der Waals surface area (Å²) in [7, 11) is 1.53. The topological polar surface area (TPSA) is 51.7 Å². The van der Waals surface area contributed by atoms with Crippen LogP contribution in [0.1, 0.15) is 35.7 Å². The number of hydrogen-bond donors (Lipinski definition) is 0. The van der Waals surface area contributed by atoms with Crippen LogP contribution in [0.3, 0.4) is 0 Å². The lowest BCUT2D eigenvalue weighted by Gasteiger charge is -2.25. The molecule has 0 bridgehead atoms. The van der Waals surface area contributed by atoms with Crippen LogP contribution in [0.2, 0.25) is 0 Å². The number of benzene rings is 1. The van der Waals surface area contributed by atoms with Gasteiger partial charge in [-0.2, -0.15) is 0 Å². The predicted octanol–water partition coefficient (Wildman–Crippen LogP) is 3.72. The normalized spacial score (nSPS) is 11.0. The van der Waals surface area contributed by atoms with Crippen molar-refractivity contribution in [3.63, 3.8) is 0 Å². The van der Waals surface area contributed by atoms with E-state index in [0.29, 0.717) is 13.2 Å². The quantitative estimate of drug-likeness (QED) is 0.718. The van der Waals surface area contributed by atoms with Gasteiger partial charge in [0.15, 0.2) is 0 Å². The molecule has 2 rings (SSSR count). The first-order valence-corrected chi connectivity index (χ1v) is 9.19. The fourth-order valence-electron chi connectivity index (χ4n) is 2.59. The number of methoxy groups -OCH3 is 1. The van der Waals surface area contributed by atoms with Gasteiger partial charge in [0.05, 0.1) is 12.2 Å². The number of aromatic nitrogens is 1. The Bertz CT molecular complexity index is 692. The third-order valence-corrected chi connectivity index (χ3v) is 4.57. The van der Waals surface area contributed by atoms with Crippen LogP contribution >= 0.6 is 11.3 Å². The predicted molar refractivity (Wildman–Crippen MR) is 99.9 cm³/mol. The average Bonchev–Trinajstić information content (AvgIpc) is 2.97. The summed E-state index contributed by atoms with van der Waals surface area (Å²) >= 11 is 1.55. The van der Waals surface area contributed by atoms with E-state index < -0.39 is 0 Å². The molecule has 0 spiro atoms. The van der Waals surface area contributed by atoms with E-state index in [-0.39, 0.29) is 18.6 Å². The van der Waals surface area contributed by atoms with E-state index >= 15 is 0 Å². The first-order chi connectivity index (χ1) is 11.9. The van der Waals surface area contributed by atoms with E-state index in [9.17, 15) is 4.79 Å². The summed E-state index contributed by atoms with van der Waals surface area (Å²) in [6.07, 6.45) is 0. The molecule has 0 saturated carbocycles. The maximum atomic E-state index is 12.1. The third-order valence-electron chi connectivity index (χ3n) is 3.70. The summed E-state index contributed by atoms with van der Waals surface area (Å²) in [6, 6.07) is 6.25. The second-order valence-electron chi connectivity index (χ2n) is 6.39. The van der Waals surface area contributed by atoms with Crippen LogP contribution in [0.15, 0.2) is 23.6 Å². The summed E-state index contributed by atoms with van der Waals surface area (Å²) in [4.78, 5) is 18.5. The van der Waals surface area contributed by atoms with Crippen molar-refractivity contribution in [2.24, 2.45) is 0 Å². The molecule has 25 heavy (non-hydrogen) atoms. The Morgan fingerprint density at radius 1 is 1.24 bits per heavy atom. The molecule has 0 N–H and O–H groups in total. The zero-order chi connectivity index (χ0) is 18.4. The van der Waals surface area contributed by atoms with Gasteiger partial charge in [-0.3, -0.25) is 4.79 Å². The first-order valence-electron chi connectivity index (χ1n) is 8.32. The summed E-state index contributed by atoms with van der Waals surface area (Å²) in [5.74, 6) is 0.826. The van der Waals surface area contributed by atoms with Gasteiger partial charge in [-0.1, -0.05) is 6.07 Å². The molecule has 1 heterocycles. The van der Waals surface area contributed by atoms with Crippen LogP contribution < -0.4 is 4.74 Å². The Labute approximate surface area is 153 Å². The Kier molecular flexibility index (Phi) is 6.96. The number of carbonyl (C=O) groups excluding carboxylic acids is 1. The molecule has 0 aliphatic rings. The highest BCUT2D eigenvalue weighted by molar-refractivity contribution is 7.09. The molecule has 2 aromatic rings. The van der Waals surface area contributed by atoms with Gasteiger partial charge < -0.3 is 14.4 Å². The zero-order valence-corrected chi connectivity index (χ0v) is 16.4. The SMILES string of the molecule is COCC(=O)N(Cc1csc(COc2cc(C)cc(C)c2)n1)C(C)C.